The topological polar surface area (TPSA) is 58.2 Å². The predicted octanol–water partition coefficient (Wildman–Crippen LogP) is 2.21. The first kappa shape index (κ1) is 15.9. The number of rotatable bonds is 7. The molecule has 7 heteroatoms. The number of nitrogens with one attached hydrogen (secondary N) is 2. The molecule has 1 atom stereocenters. The van der Waals surface area contributed by atoms with Gasteiger partial charge in [-0.1, -0.05) is 25.4 Å². The Labute approximate surface area is 118 Å². The normalized spacial score (nSPS) is 14.1. The van der Waals surface area contributed by atoms with Crippen LogP contribution in [0, 0.1) is 0 Å². The molecule has 0 aliphatic carbocycles. The second kappa shape index (κ2) is 6.86. The molecule has 0 bridgehead atoms. The van der Waals surface area contributed by atoms with Crippen molar-refractivity contribution in [3.05, 3.63) is 21.3 Å². The first-order chi connectivity index (χ1) is 8.31. The fraction of sp³-hybridized carbons (Fsp3) is 0.636. The minimum Gasteiger partial charge on any atom is -0.313 e. The molecule has 1 heterocycles. The van der Waals surface area contributed by atoms with Gasteiger partial charge in [0, 0.05) is 24.0 Å². The summed E-state index contributed by atoms with van der Waals surface area (Å²) in [5.41, 5.74) is 0. The fourth-order valence-electron chi connectivity index (χ4n) is 1.27. The summed E-state index contributed by atoms with van der Waals surface area (Å²) in [5, 5.41) is 2.65. The van der Waals surface area contributed by atoms with Gasteiger partial charge in [-0.05, 0) is 19.1 Å². The zero-order valence-corrected chi connectivity index (χ0v) is 13.1. The van der Waals surface area contributed by atoms with Crippen molar-refractivity contribution in [3.8, 4) is 0 Å². The highest BCUT2D eigenvalue weighted by atomic mass is 35.5. The third-order valence-electron chi connectivity index (χ3n) is 2.42. The first-order valence-electron chi connectivity index (χ1n) is 5.77. The maximum Gasteiger partial charge on any atom is 0.215 e. The van der Waals surface area contributed by atoms with Gasteiger partial charge in [-0.3, -0.25) is 0 Å². The van der Waals surface area contributed by atoms with Crippen LogP contribution in [0.25, 0.3) is 0 Å². The molecule has 0 aromatic carbocycles. The van der Waals surface area contributed by atoms with Crippen LogP contribution in [0.15, 0.2) is 12.1 Å². The lowest BCUT2D eigenvalue weighted by Crippen LogP contribution is -2.40. The van der Waals surface area contributed by atoms with Crippen LogP contribution >= 0.6 is 22.9 Å². The second-order valence-corrected chi connectivity index (χ2v) is 8.43. The molecule has 0 fully saturated rings. The Hall–Kier alpha value is -0.140. The lowest BCUT2D eigenvalue weighted by atomic mass is 10.3. The minimum absolute atomic E-state index is 0.277. The SMILES string of the molecule is CC(C)NCC(C)S(=O)(=O)NCc1ccc(Cl)s1. The van der Waals surface area contributed by atoms with Crippen LogP contribution in [0.5, 0.6) is 0 Å². The third-order valence-corrected chi connectivity index (χ3v) is 5.42. The van der Waals surface area contributed by atoms with E-state index in [0.717, 1.165) is 4.88 Å². The highest BCUT2D eigenvalue weighted by Gasteiger charge is 2.20. The molecular weight excluding hydrogens is 292 g/mol. The van der Waals surface area contributed by atoms with E-state index in [4.69, 9.17) is 11.6 Å². The molecule has 1 rings (SSSR count). The van der Waals surface area contributed by atoms with E-state index in [2.05, 4.69) is 10.0 Å². The average Bonchev–Trinajstić information content (AvgIpc) is 2.69. The fourth-order valence-corrected chi connectivity index (χ4v) is 3.35. The summed E-state index contributed by atoms with van der Waals surface area (Å²) in [6.07, 6.45) is 0. The standard InChI is InChI=1S/C11H19ClN2O2S2/c1-8(2)13-6-9(3)18(15,16)14-7-10-4-5-11(12)17-10/h4-5,8-9,13-14H,6-7H2,1-3H3. The van der Waals surface area contributed by atoms with Crippen LogP contribution in [0.1, 0.15) is 25.6 Å². The summed E-state index contributed by atoms with van der Waals surface area (Å²) in [6.45, 7) is 6.41. The lowest BCUT2D eigenvalue weighted by Gasteiger charge is -2.16. The van der Waals surface area contributed by atoms with Crippen LogP contribution in [-0.4, -0.2) is 26.3 Å². The zero-order valence-electron chi connectivity index (χ0n) is 10.7. The Balaban J connectivity index is 2.48. The van der Waals surface area contributed by atoms with Gasteiger partial charge in [0.05, 0.1) is 9.59 Å². The van der Waals surface area contributed by atoms with Gasteiger partial charge in [0.15, 0.2) is 0 Å². The number of sulfonamides is 1. The molecule has 1 aromatic heterocycles. The van der Waals surface area contributed by atoms with Gasteiger partial charge in [-0.15, -0.1) is 11.3 Å². The van der Waals surface area contributed by atoms with E-state index in [-0.39, 0.29) is 6.04 Å². The average molecular weight is 311 g/mol. The van der Waals surface area contributed by atoms with Crippen LogP contribution in [0.3, 0.4) is 0 Å². The largest absolute Gasteiger partial charge is 0.313 e. The van der Waals surface area contributed by atoms with E-state index in [1.54, 1.807) is 13.0 Å². The van der Waals surface area contributed by atoms with Gasteiger partial charge >= 0.3 is 0 Å². The zero-order chi connectivity index (χ0) is 13.8. The molecule has 0 saturated heterocycles. The van der Waals surface area contributed by atoms with Gasteiger partial charge in [0.2, 0.25) is 10.0 Å². The highest BCUT2D eigenvalue weighted by molar-refractivity contribution is 7.90. The number of hydrogen-bond acceptors (Lipinski definition) is 4. The Kier molecular flexibility index (Phi) is 6.07. The Bertz CT molecular complexity index is 471. The Morgan fingerprint density at radius 2 is 2.00 bits per heavy atom. The highest BCUT2D eigenvalue weighted by Crippen LogP contribution is 2.21. The van der Waals surface area contributed by atoms with E-state index in [0.29, 0.717) is 17.4 Å². The van der Waals surface area contributed by atoms with Gasteiger partial charge in [0.25, 0.3) is 0 Å². The van der Waals surface area contributed by atoms with Gasteiger partial charge in [0.1, 0.15) is 0 Å². The minimum atomic E-state index is -3.29. The summed E-state index contributed by atoms with van der Waals surface area (Å²) in [7, 11) is -3.29. The monoisotopic (exact) mass is 310 g/mol. The predicted molar refractivity (Wildman–Crippen MR) is 77.7 cm³/mol. The van der Waals surface area contributed by atoms with Crippen LogP contribution in [0.4, 0.5) is 0 Å². The van der Waals surface area contributed by atoms with Crippen LogP contribution in [-0.2, 0) is 16.6 Å². The summed E-state index contributed by atoms with van der Waals surface area (Å²) < 4.78 is 27.1. The molecule has 0 spiro atoms. The maximum absolute atomic E-state index is 11.9. The molecule has 4 nitrogen and oxygen atoms in total. The maximum atomic E-state index is 11.9. The van der Waals surface area contributed by atoms with Crippen molar-refractivity contribution in [2.24, 2.45) is 0 Å². The molecule has 1 aromatic rings. The van der Waals surface area contributed by atoms with E-state index >= 15 is 0 Å². The smallest absolute Gasteiger partial charge is 0.215 e. The van der Waals surface area contributed by atoms with Crippen molar-refractivity contribution in [2.45, 2.75) is 38.6 Å². The number of halogens is 1. The molecule has 18 heavy (non-hydrogen) atoms. The molecule has 0 saturated carbocycles. The number of thiophene rings is 1. The molecule has 1 unspecified atom stereocenters. The van der Waals surface area contributed by atoms with E-state index < -0.39 is 15.3 Å². The summed E-state index contributed by atoms with van der Waals surface area (Å²) in [5.74, 6) is 0. The summed E-state index contributed by atoms with van der Waals surface area (Å²) in [4.78, 5) is 0.910. The van der Waals surface area contributed by atoms with Gasteiger partial charge in [-0.25, -0.2) is 13.1 Å². The second-order valence-electron chi connectivity index (χ2n) is 4.45. The Morgan fingerprint density at radius 3 is 2.50 bits per heavy atom. The van der Waals surface area contributed by atoms with Crippen molar-refractivity contribution < 1.29 is 8.42 Å². The van der Waals surface area contributed by atoms with E-state index in [9.17, 15) is 8.42 Å². The van der Waals surface area contributed by atoms with Crippen LogP contribution in [0.2, 0.25) is 4.34 Å². The van der Waals surface area contributed by atoms with Crippen molar-refractivity contribution in [3.63, 3.8) is 0 Å². The molecule has 0 aliphatic rings. The molecule has 104 valence electrons. The molecule has 0 aliphatic heterocycles. The summed E-state index contributed by atoms with van der Waals surface area (Å²) in [6, 6.07) is 3.87. The molecular formula is C11H19ClN2O2S2. The van der Waals surface area contributed by atoms with Crippen molar-refractivity contribution >= 4 is 33.0 Å². The summed E-state index contributed by atoms with van der Waals surface area (Å²) >= 11 is 7.17. The van der Waals surface area contributed by atoms with Crippen LogP contribution < -0.4 is 10.0 Å². The quantitative estimate of drug-likeness (QED) is 0.812. The first-order valence-corrected chi connectivity index (χ1v) is 8.51. The lowest BCUT2D eigenvalue weighted by molar-refractivity contribution is 0.541. The molecule has 0 amide bonds. The molecule has 2 N–H and O–H groups in total. The van der Waals surface area contributed by atoms with E-state index in [1.807, 2.05) is 19.9 Å². The van der Waals surface area contributed by atoms with Crippen molar-refractivity contribution in [1.29, 1.82) is 0 Å². The third kappa shape index (κ3) is 5.24. The van der Waals surface area contributed by atoms with Crippen molar-refractivity contribution in [1.82, 2.24) is 10.0 Å². The van der Waals surface area contributed by atoms with Crippen molar-refractivity contribution in [2.75, 3.05) is 6.54 Å². The Morgan fingerprint density at radius 1 is 1.33 bits per heavy atom. The number of hydrogen-bond donors (Lipinski definition) is 2. The van der Waals surface area contributed by atoms with Gasteiger partial charge < -0.3 is 5.32 Å². The molecule has 0 radical (unpaired) electrons. The van der Waals surface area contributed by atoms with E-state index in [1.165, 1.54) is 11.3 Å². The van der Waals surface area contributed by atoms with Gasteiger partial charge in [-0.2, -0.15) is 0 Å².